The summed E-state index contributed by atoms with van der Waals surface area (Å²) in [5.41, 5.74) is -0.0962. The first-order valence-electron chi connectivity index (χ1n) is 7.08. The second kappa shape index (κ2) is 7.15. The second-order valence-corrected chi connectivity index (χ2v) is 6.00. The maximum Gasteiger partial charge on any atom is 0.158 e. The van der Waals surface area contributed by atoms with Crippen LogP contribution in [0.25, 0.3) is 0 Å². The van der Waals surface area contributed by atoms with Gasteiger partial charge in [0.1, 0.15) is 0 Å². The highest BCUT2D eigenvalue weighted by molar-refractivity contribution is 6.35. The minimum absolute atomic E-state index is 0.337. The lowest BCUT2D eigenvalue weighted by molar-refractivity contribution is 0.0640. The third kappa shape index (κ3) is 3.28. The van der Waals surface area contributed by atoms with Crippen LogP contribution in [0.4, 0.5) is 0 Å². The van der Waals surface area contributed by atoms with Crippen molar-refractivity contribution >= 4 is 23.2 Å². The molecule has 0 spiro atoms. The molecule has 0 radical (unpaired) electrons. The summed E-state index contributed by atoms with van der Waals surface area (Å²) in [6, 6.07) is 8.78. The molecule has 22 heavy (non-hydrogen) atoms. The lowest BCUT2D eigenvalue weighted by Crippen LogP contribution is -2.32. The fourth-order valence-electron chi connectivity index (χ4n) is 2.64. The molecule has 4 heteroatoms. The van der Waals surface area contributed by atoms with Crippen LogP contribution < -0.4 is 0 Å². The van der Waals surface area contributed by atoms with Crippen LogP contribution in [0.2, 0.25) is 10.0 Å². The van der Waals surface area contributed by atoms with Crippen molar-refractivity contribution in [3.05, 3.63) is 63.9 Å². The number of pyridine rings is 1. The third-order valence-corrected chi connectivity index (χ3v) is 4.30. The zero-order chi connectivity index (χ0) is 16.2. The van der Waals surface area contributed by atoms with E-state index in [1.807, 2.05) is 13.0 Å². The number of terminal acetylenes is 1. The molecule has 2 atom stereocenters. The third-order valence-electron chi connectivity index (χ3n) is 3.74. The van der Waals surface area contributed by atoms with Crippen LogP contribution in [0.3, 0.4) is 0 Å². The monoisotopic (exact) mass is 333 g/mol. The maximum atomic E-state index is 11.2. The first kappa shape index (κ1) is 16.8. The topological polar surface area (TPSA) is 33.1 Å². The average molecular weight is 334 g/mol. The second-order valence-electron chi connectivity index (χ2n) is 5.16. The van der Waals surface area contributed by atoms with Crippen LogP contribution >= 0.6 is 23.2 Å². The molecule has 0 aliphatic carbocycles. The van der Waals surface area contributed by atoms with Crippen LogP contribution in [0, 0.1) is 12.3 Å². The Bertz CT molecular complexity index is 681. The first-order chi connectivity index (χ1) is 10.5. The van der Waals surface area contributed by atoms with Gasteiger partial charge < -0.3 is 5.11 Å². The number of benzene rings is 1. The molecule has 0 bridgehead atoms. The van der Waals surface area contributed by atoms with Gasteiger partial charge >= 0.3 is 0 Å². The van der Waals surface area contributed by atoms with Crippen molar-refractivity contribution in [3.63, 3.8) is 0 Å². The zero-order valence-corrected chi connectivity index (χ0v) is 13.8. The zero-order valence-electron chi connectivity index (χ0n) is 12.3. The average Bonchev–Trinajstić information content (AvgIpc) is 2.53. The number of aromatic nitrogens is 1. The Morgan fingerprint density at radius 2 is 2.14 bits per heavy atom. The summed E-state index contributed by atoms with van der Waals surface area (Å²) in [5.74, 6) is 2.21. The number of nitrogens with zero attached hydrogens (tertiary/aromatic N) is 1. The highest BCUT2D eigenvalue weighted by atomic mass is 35.5. The van der Waals surface area contributed by atoms with Gasteiger partial charge in [0.2, 0.25) is 0 Å². The van der Waals surface area contributed by atoms with Gasteiger partial charge in [-0.05, 0) is 30.2 Å². The Hall–Kier alpha value is -1.53. The Morgan fingerprint density at radius 1 is 1.36 bits per heavy atom. The van der Waals surface area contributed by atoms with Crippen LogP contribution in [0.15, 0.2) is 42.7 Å². The lowest BCUT2D eigenvalue weighted by atomic mass is 9.76. The van der Waals surface area contributed by atoms with Crippen molar-refractivity contribution in [2.75, 3.05) is 0 Å². The molecular formula is C18H17Cl2NO. The van der Waals surface area contributed by atoms with E-state index in [1.165, 1.54) is 0 Å². The number of halogens is 2. The van der Waals surface area contributed by atoms with E-state index in [1.54, 1.807) is 36.7 Å². The predicted molar refractivity (Wildman–Crippen MR) is 91.1 cm³/mol. The largest absolute Gasteiger partial charge is 0.373 e. The molecule has 0 aliphatic heterocycles. The van der Waals surface area contributed by atoms with E-state index >= 15 is 0 Å². The standard InChI is InChI=1S/C18H17Cl2NO/c1-3-6-16(15-9-8-14(19)11-17(15)20)18(22,4-2)13-7-5-10-21-12-13/h2,5,7-12,16,22H,3,6H2,1H3. The van der Waals surface area contributed by atoms with Crippen molar-refractivity contribution < 1.29 is 5.11 Å². The molecule has 1 aromatic carbocycles. The Kier molecular flexibility index (Phi) is 5.47. The van der Waals surface area contributed by atoms with Gasteiger partial charge in [-0.3, -0.25) is 4.98 Å². The van der Waals surface area contributed by atoms with E-state index in [4.69, 9.17) is 29.6 Å². The Morgan fingerprint density at radius 3 is 2.68 bits per heavy atom. The van der Waals surface area contributed by atoms with Crippen LogP contribution in [-0.2, 0) is 5.60 Å². The summed E-state index contributed by atoms with van der Waals surface area (Å²) in [4.78, 5) is 4.06. The summed E-state index contributed by atoms with van der Waals surface area (Å²) < 4.78 is 0. The van der Waals surface area contributed by atoms with E-state index in [-0.39, 0.29) is 5.92 Å². The van der Waals surface area contributed by atoms with Crippen LogP contribution in [-0.4, -0.2) is 10.1 Å². The predicted octanol–water partition coefficient (Wildman–Crippen LogP) is 4.79. The molecule has 1 N–H and O–H groups in total. The maximum absolute atomic E-state index is 11.2. The minimum atomic E-state index is -1.47. The highest BCUT2D eigenvalue weighted by Crippen LogP contribution is 2.42. The van der Waals surface area contributed by atoms with E-state index < -0.39 is 5.60 Å². The van der Waals surface area contributed by atoms with Crippen molar-refractivity contribution in [2.24, 2.45) is 0 Å². The van der Waals surface area contributed by atoms with Crippen LogP contribution in [0.5, 0.6) is 0 Å². The molecule has 0 amide bonds. The molecule has 2 nitrogen and oxygen atoms in total. The van der Waals surface area contributed by atoms with E-state index in [0.717, 1.165) is 12.0 Å². The molecule has 0 aliphatic rings. The van der Waals surface area contributed by atoms with Crippen molar-refractivity contribution in [1.82, 2.24) is 4.98 Å². The van der Waals surface area contributed by atoms with Gasteiger partial charge in [0.05, 0.1) is 0 Å². The molecule has 2 rings (SSSR count). The summed E-state index contributed by atoms with van der Waals surface area (Å²) in [5, 5.41) is 12.2. The van der Waals surface area contributed by atoms with Gasteiger partial charge in [-0.25, -0.2) is 0 Å². The van der Waals surface area contributed by atoms with Crippen molar-refractivity contribution in [3.8, 4) is 12.3 Å². The quantitative estimate of drug-likeness (QED) is 0.797. The van der Waals surface area contributed by atoms with Gasteiger partial charge in [-0.15, -0.1) is 6.42 Å². The number of hydrogen-bond donors (Lipinski definition) is 1. The number of hydrogen-bond acceptors (Lipinski definition) is 2. The molecular weight excluding hydrogens is 317 g/mol. The fraction of sp³-hybridized carbons (Fsp3) is 0.278. The minimum Gasteiger partial charge on any atom is -0.373 e. The smallest absolute Gasteiger partial charge is 0.158 e. The molecule has 114 valence electrons. The number of rotatable bonds is 5. The highest BCUT2D eigenvalue weighted by Gasteiger charge is 2.38. The van der Waals surface area contributed by atoms with Crippen LogP contribution in [0.1, 0.15) is 36.8 Å². The van der Waals surface area contributed by atoms with E-state index in [2.05, 4.69) is 10.9 Å². The van der Waals surface area contributed by atoms with Gasteiger partial charge in [-0.1, -0.05) is 54.6 Å². The fourth-order valence-corrected chi connectivity index (χ4v) is 3.18. The molecule has 0 saturated heterocycles. The lowest BCUT2D eigenvalue weighted by Gasteiger charge is -2.33. The summed E-state index contributed by atoms with van der Waals surface area (Å²) in [7, 11) is 0. The molecule has 2 unspecified atom stereocenters. The van der Waals surface area contributed by atoms with Crippen molar-refractivity contribution in [1.29, 1.82) is 0 Å². The SMILES string of the molecule is C#CC(O)(c1cccnc1)C(CCC)c1ccc(Cl)cc1Cl. The van der Waals surface area contributed by atoms with Gasteiger partial charge in [0.15, 0.2) is 5.60 Å². The van der Waals surface area contributed by atoms with E-state index in [9.17, 15) is 5.11 Å². The number of aliphatic hydroxyl groups is 1. The Labute approximate surface area is 141 Å². The molecule has 1 heterocycles. The van der Waals surface area contributed by atoms with E-state index in [0.29, 0.717) is 22.0 Å². The summed E-state index contributed by atoms with van der Waals surface area (Å²) >= 11 is 12.3. The molecule has 2 aromatic rings. The molecule has 0 fully saturated rings. The Balaban J connectivity index is 2.56. The van der Waals surface area contributed by atoms with Gasteiger partial charge in [0.25, 0.3) is 0 Å². The first-order valence-corrected chi connectivity index (χ1v) is 7.84. The molecule has 1 aromatic heterocycles. The van der Waals surface area contributed by atoms with Crippen molar-refractivity contribution in [2.45, 2.75) is 31.3 Å². The summed E-state index contributed by atoms with van der Waals surface area (Å²) in [6.45, 7) is 2.04. The molecule has 0 saturated carbocycles. The normalized spacial score (nSPS) is 14.9. The summed E-state index contributed by atoms with van der Waals surface area (Å²) in [6.07, 6.45) is 10.5. The van der Waals surface area contributed by atoms with Gasteiger partial charge in [0, 0.05) is 33.9 Å². The van der Waals surface area contributed by atoms with Gasteiger partial charge in [-0.2, -0.15) is 0 Å².